The van der Waals surface area contributed by atoms with Gasteiger partial charge in [0.2, 0.25) is 0 Å². The maximum Gasteiger partial charge on any atom is 0.118 e. The molecule has 82 valence electrons. The lowest BCUT2D eigenvalue weighted by Gasteiger charge is -2.05. The third kappa shape index (κ3) is 4.17. The van der Waals surface area contributed by atoms with Crippen LogP contribution in [-0.2, 0) is 0 Å². The van der Waals surface area contributed by atoms with Gasteiger partial charge in [0.1, 0.15) is 5.75 Å². The van der Waals surface area contributed by atoms with E-state index in [1.165, 1.54) is 5.56 Å². The lowest BCUT2D eigenvalue weighted by Crippen LogP contribution is -2.22. The van der Waals surface area contributed by atoms with Crippen LogP contribution in [0, 0.1) is 0 Å². The first-order valence-corrected chi connectivity index (χ1v) is 5.32. The summed E-state index contributed by atoms with van der Waals surface area (Å²) in [5, 5.41) is 3.33. The highest BCUT2D eigenvalue weighted by atomic mass is 16.5. The van der Waals surface area contributed by atoms with Gasteiger partial charge in [0, 0.05) is 6.04 Å². The summed E-state index contributed by atoms with van der Waals surface area (Å²) in [6.07, 6.45) is 4.28. The van der Waals surface area contributed by atoms with E-state index in [0.29, 0.717) is 6.04 Å². The van der Waals surface area contributed by atoms with Crippen LogP contribution >= 0.6 is 0 Å². The van der Waals surface area contributed by atoms with Gasteiger partial charge < -0.3 is 10.1 Å². The third-order valence-corrected chi connectivity index (χ3v) is 2.22. The molecular weight excluding hydrogens is 186 g/mol. The van der Waals surface area contributed by atoms with Crippen molar-refractivity contribution in [1.82, 2.24) is 5.32 Å². The summed E-state index contributed by atoms with van der Waals surface area (Å²) in [5.41, 5.74) is 1.19. The summed E-state index contributed by atoms with van der Waals surface area (Å²) in [6.45, 7) is 5.25. The first-order chi connectivity index (χ1) is 7.26. The van der Waals surface area contributed by atoms with Gasteiger partial charge in [0.25, 0.3) is 0 Å². The number of ether oxygens (including phenoxy) is 1. The quantitative estimate of drug-likeness (QED) is 0.798. The summed E-state index contributed by atoms with van der Waals surface area (Å²) in [4.78, 5) is 0. The molecule has 0 amide bonds. The molecule has 2 heteroatoms. The number of nitrogens with one attached hydrogen (secondary N) is 1. The number of methoxy groups -OCH3 is 1. The minimum absolute atomic E-state index is 0.414. The fourth-order valence-corrected chi connectivity index (χ4v) is 1.36. The van der Waals surface area contributed by atoms with Crippen LogP contribution in [0.3, 0.4) is 0 Å². The van der Waals surface area contributed by atoms with Crippen molar-refractivity contribution in [3.63, 3.8) is 0 Å². The Bertz CT molecular complexity index is 303. The van der Waals surface area contributed by atoms with Crippen LogP contribution < -0.4 is 10.1 Å². The van der Waals surface area contributed by atoms with E-state index in [1.807, 2.05) is 24.3 Å². The van der Waals surface area contributed by atoms with E-state index >= 15 is 0 Å². The molecule has 0 aliphatic heterocycles. The highest BCUT2D eigenvalue weighted by Crippen LogP contribution is 2.12. The average molecular weight is 205 g/mol. The fourth-order valence-electron chi connectivity index (χ4n) is 1.36. The molecule has 1 unspecified atom stereocenters. The lowest BCUT2D eigenvalue weighted by atomic mass is 10.2. The van der Waals surface area contributed by atoms with E-state index in [9.17, 15) is 0 Å². The highest BCUT2D eigenvalue weighted by Gasteiger charge is 1.93. The molecule has 1 aromatic carbocycles. The average Bonchev–Trinajstić information content (AvgIpc) is 2.27. The number of benzene rings is 1. The molecule has 0 radical (unpaired) electrons. The van der Waals surface area contributed by atoms with Crippen LogP contribution in [0.4, 0.5) is 0 Å². The van der Waals surface area contributed by atoms with Gasteiger partial charge in [-0.05, 0) is 31.2 Å². The molecule has 0 spiro atoms. The Hall–Kier alpha value is -1.28. The van der Waals surface area contributed by atoms with Crippen molar-refractivity contribution in [2.45, 2.75) is 19.9 Å². The molecule has 0 aromatic heterocycles. The third-order valence-electron chi connectivity index (χ3n) is 2.22. The molecule has 15 heavy (non-hydrogen) atoms. The Labute approximate surface area is 92.0 Å². The minimum atomic E-state index is 0.414. The molecular formula is C13H19NO. The molecule has 0 aliphatic carbocycles. The SMILES string of the molecule is CCNC(C)/C=C/c1ccc(OC)cc1. The molecule has 0 saturated carbocycles. The topological polar surface area (TPSA) is 21.3 Å². The molecule has 2 nitrogen and oxygen atoms in total. The molecule has 0 bridgehead atoms. The second-order valence-electron chi connectivity index (χ2n) is 3.48. The van der Waals surface area contributed by atoms with Crippen molar-refractivity contribution in [1.29, 1.82) is 0 Å². The summed E-state index contributed by atoms with van der Waals surface area (Å²) >= 11 is 0. The Morgan fingerprint density at radius 3 is 2.53 bits per heavy atom. The van der Waals surface area contributed by atoms with Gasteiger partial charge in [-0.1, -0.05) is 31.2 Å². The van der Waals surface area contributed by atoms with Gasteiger partial charge in [-0.15, -0.1) is 0 Å². The van der Waals surface area contributed by atoms with Crippen LogP contribution in [0.25, 0.3) is 6.08 Å². The zero-order chi connectivity index (χ0) is 11.1. The zero-order valence-corrected chi connectivity index (χ0v) is 9.66. The highest BCUT2D eigenvalue weighted by molar-refractivity contribution is 5.51. The number of likely N-dealkylation sites (N-methyl/N-ethyl adjacent to an activating group) is 1. The number of rotatable bonds is 5. The van der Waals surface area contributed by atoms with Crippen LogP contribution in [0.5, 0.6) is 5.75 Å². The summed E-state index contributed by atoms with van der Waals surface area (Å²) in [7, 11) is 1.68. The Morgan fingerprint density at radius 2 is 2.00 bits per heavy atom. The Kier molecular flexibility index (Phi) is 4.91. The van der Waals surface area contributed by atoms with Crippen LogP contribution in [-0.4, -0.2) is 19.7 Å². The van der Waals surface area contributed by atoms with E-state index in [1.54, 1.807) is 7.11 Å². The largest absolute Gasteiger partial charge is 0.497 e. The Balaban J connectivity index is 2.56. The maximum absolute atomic E-state index is 5.10. The van der Waals surface area contributed by atoms with Gasteiger partial charge in [0.05, 0.1) is 7.11 Å². The van der Waals surface area contributed by atoms with Crippen LogP contribution in [0.1, 0.15) is 19.4 Å². The maximum atomic E-state index is 5.10. The second-order valence-corrected chi connectivity index (χ2v) is 3.48. The monoisotopic (exact) mass is 205 g/mol. The summed E-state index contributed by atoms with van der Waals surface area (Å²) < 4.78 is 5.10. The van der Waals surface area contributed by atoms with Gasteiger partial charge in [-0.25, -0.2) is 0 Å². The Morgan fingerprint density at radius 1 is 1.33 bits per heavy atom. The predicted octanol–water partition coefficient (Wildman–Crippen LogP) is 2.71. The van der Waals surface area contributed by atoms with Crippen molar-refractivity contribution in [3.8, 4) is 5.75 Å². The molecule has 1 atom stereocenters. The second kappa shape index (κ2) is 6.25. The van der Waals surface area contributed by atoms with Gasteiger partial charge in [-0.2, -0.15) is 0 Å². The van der Waals surface area contributed by atoms with Gasteiger partial charge >= 0.3 is 0 Å². The molecule has 0 aliphatic rings. The number of hydrogen-bond donors (Lipinski definition) is 1. The van der Waals surface area contributed by atoms with Crippen LogP contribution in [0.15, 0.2) is 30.3 Å². The van der Waals surface area contributed by atoms with Crippen molar-refractivity contribution in [2.75, 3.05) is 13.7 Å². The van der Waals surface area contributed by atoms with E-state index < -0.39 is 0 Å². The molecule has 0 heterocycles. The zero-order valence-electron chi connectivity index (χ0n) is 9.66. The smallest absolute Gasteiger partial charge is 0.118 e. The van der Waals surface area contributed by atoms with Gasteiger partial charge in [0.15, 0.2) is 0 Å². The fraction of sp³-hybridized carbons (Fsp3) is 0.385. The first kappa shape index (κ1) is 11.8. The van der Waals surface area contributed by atoms with E-state index in [-0.39, 0.29) is 0 Å². The van der Waals surface area contributed by atoms with Crippen molar-refractivity contribution >= 4 is 6.08 Å². The predicted molar refractivity (Wildman–Crippen MR) is 65.2 cm³/mol. The van der Waals surface area contributed by atoms with E-state index in [2.05, 4.69) is 31.3 Å². The molecule has 0 saturated heterocycles. The van der Waals surface area contributed by atoms with E-state index in [4.69, 9.17) is 4.74 Å². The van der Waals surface area contributed by atoms with Crippen molar-refractivity contribution in [3.05, 3.63) is 35.9 Å². The molecule has 1 rings (SSSR count). The molecule has 0 fully saturated rings. The lowest BCUT2D eigenvalue weighted by molar-refractivity contribution is 0.415. The molecule has 1 aromatic rings. The van der Waals surface area contributed by atoms with Crippen molar-refractivity contribution in [2.24, 2.45) is 0 Å². The summed E-state index contributed by atoms with van der Waals surface area (Å²) in [6, 6.07) is 8.45. The standard InChI is InChI=1S/C13H19NO/c1-4-14-11(2)5-6-12-7-9-13(15-3)10-8-12/h5-11,14H,4H2,1-3H3/b6-5+. The number of hydrogen-bond acceptors (Lipinski definition) is 2. The summed E-state index contributed by atoms with van der Waals surface area (Å²) in [5.74, 6) is 0.895. The van der Waals surface area contributed by atoms with Crippen molar-refractivity contribution < 1.29 is 4.74 Å². The normalized spacial score (nSPS) is 13.0. The van der Waals surface area contributed by atoms with Crippen LogP contribution in [0.2, 0.25) is 0 Å². The molecule has 1 N–H and O–H groups in total. The minimum Gasteiger partial charge on any atom is -0.497 e. The van der Waals surface area contributed by atoms with Gasteiger partial charge in [-0.3, -0.25) is 0 Å². The van der Waals surface area contributed by atoms with E-state index in [0.717, 1.165) is 12.3 Å². The first-order valence-electron chi connectivity index (χ1n) is 5.32.